The molecule has 0 aliphatic carbocycles. The highest BCUT2D eigenvalue weighted by Gasteiger charge is 2.18. The SMILES string of the molecule is COc1ccc(NC(=O)c2cc(C)sc2C)cc1NS(=O)(=O)c1ccc(F)cc1. The molecular weight excluding hydrogens is 415 g/mol. The number of hydrogen-bond acceptors (Lipinski definition) is 5. The number of benzene rings is 2. The minimum Gasteiger partial charge on any atom is -0.495 e. The third-order valence-electron chi connectivity index (χ3n) is 4.11. The van der Waals surface area contributed by atoms with E-state index in [4.69, 9.17) is 4.74 Å². The topological polar surface area (TPSA) is 84.5 Å². The van der Waals surface area contributed by atoms with Crippen LogP contribution < -0.4 is 14.8 Å². The van der Waals surface area contributed by atoms with Crippen molar-refractivity contribution in [3.05, 3.63) is 69.7 Å². The van der Waals surface area contributed by atoms with E-state index in [1.165, 1.54) is 24.5 Å². The number of carbonyl (C=O) groups is 1. The summed E-state index contributed by atoms with van der Waals surface area (Å²) in [7, 11) is -2.57. The molecule has 6 nitrogen and oxygen atoms in total. The number of anilines is 2. The van der Waals surface area contributed by atoms with Crippen LogP contribution in [0.2, 0.25) is 0 Å². The Balaban J connectivity index is 1.88. The highest BCUT2D eigenvalue weighted by molar-refractivity contribution is 7.92. The maximum Gasteiger partial charge on any atom is 0.262 e. The van der Waals surface area contributed by atoms with Gasteiger partial charge in [-0.05, 0) is 62.4 Å². The van der Waals surface area contributed by atoms with E-state index in [-0.39, 0.29) is 22.2 Å². The average molecular weight is 435 g/mol. The molecule has 0 saturated carbocycles. The molecule has 2 N–H and O–H groups in total. The molecule has 1 heterocycles. The summed E-state index contributed by atoms with van der Waals surface area (Å²) in [4.78, 5) is 14.4. The van der Waals surface area contributed by atoms with Gasteiger partial charge in [0.05, 0.1) is 23.3 Å². The van der Waals surface area contributed by atoms with Gasteiger partial charge >= 0.3 is 0 Å². The fraction of sp³-hybridized carbons (Fsp3) is 0.150. The summed E-state index contributed by atoms with van der Waals surface area (Å²) in [5.41, 5.74) is 1.11. The highest BCUT2D eigenvalue weighted by atomic mass is 32.2. The van der Waals surface area contributed by atoms with E-state index in [0.29, 0.717) is 11.3 Å². The van der Waals surface area contributed by atoms with Crippen LogP contribution in [0, 0.1) is 19.7 Å². The lowest BCUT2D eigenvalue weighted by Gasteiger charge is -2.14. The van der Waals surface area contributed by atoms with Crippen LogP contribution in [0.25, 0.3) is 0 Å². The zero-order valence-electron chi connectivity index (χ0n) is 15.9. The van der Waals surface area contributed by atoms with Gasteiger partial charge in [-0.3, -0.25) is 9.52 Å². The van der Waals surface area contributed by atoms with Gasteiger partial charge in [-0.25, -0.2) is 12.8 Å². The zero-order valence-corrected chi connectivity index (χ0v) is 17.6. The first-order valence-electron chi connectivity index (χ1n) is 8.54. The molecule has 1 aromatic heterocycles. The molecule has 0 bridgehead atoms. The molecule has 3 rings (SSSR count). The molecule has 0 unspecified atom stereocenters. The molecule has 0 spiro atoms. The predicted octanol–water partition coefficient (Wildman–Crippen LogP) is 4.57. The van der Waals surface area contributed by atoms with Crippen molar-refractivity contribution in [2.24, 2.45) is 0 Å². The highest BCUT2D eigenvalue weighted by Crippen LogP contribution is 2.31. The van der Waals surface area contributed by atoms with Gasteiger partial charge in [-0.2, -0.15) is 0 Å². The van der Waals surface area contributed by atoms with E-state index in [9.17, 15) is 17.6 Å². The summed E-state index contributed by atoms with van der Waals surface area (Å²) in [5, 5.41) is 2.76. The molecule has 152 valence electrons. The standard InChI is InChI=1S/C20H19FN2O4S2/c1-12-10-17(13(2)28-12)20(24)22-15-6-9-19(27-3)18(11-15)23-29(25,26)16-7-4-14(21)5-8-16/h4-11,23H,1-3H3,(H,22,24). The maximum atomic E-state index is 13.1. The predicted molar refractivity (Wildman–Crippen MR) is 112 cm³/mol. The van der Waals surface area contributed by atoms with Crippen LogP contribution in [0.5, 0.6) is 5.75 Å². The number of aryl methyl sites for hydroxylation is 2. The molecule has 0 radical (unpaired) electrons. The van der Waals surface area contributed by atoms with Crippen LogP contribution in [0.15, 0.2) is 53.4 Å². The third kappa shape index (κ3) is 4.75. The molecule has 0 saturated heterocycles. The number of thiophene rings is 1. The Morgan fingerprint density at radius 2 is 1.76 bits per heavy atom. The molecule has 0 fully saturated rings. The number of hydrogen-bond donors (Lipinski definition) is 2. The Morgan fingerprint density at radius 3 is 2.34 bits per heavy atom. The maximum absolute atomic E-state index is 13.1. The minimum absolute atomic E-state index is 0.0974. The van der Waals surface area contributed by atoms with Crippen molar-refractivity contribution in [1.82, 2.24) is 0 Å². The van der Waals surface area contributed by atoms with Gasteiger partial charge in [0.15, 0.2) is 0 Å². The fourth-order valence-corrected chi connectivity index (χ4v) is 4.72. The van der Waals surface area contributed by atoms with Gasteiger partial charge in [0.25, 0.3) is 15.9 Å². The van der Waals surface area contributed by atoms with Gasteiger partial charge in [-0.1, -0.05) is 0 Å². The number of methoxy groups -OCH3 is 1. The number of rotatable bonds is 6. The van der Waals surface area contributed by atoms with E-state index in [0.717, 1.165) is 34.0 Å². The summed E-state index contributed by atoms with van der Waals surface area (Å²) in [6, 6.07) is 10.9. The monoisotopic (exact) mass is 434 g/mol. The van der Waals surface area contributed by atoms with E-state index in [2.05, 4.69) is 10.0 Å². The zero-order chi connectivity index (χ0) is 21.2. The first kappa shape index (κ1) is 20.8. The van der Waals surface area contributed by atoms with Crippen molar-refractivity contribution >= 4 is 38.6 Å². The Bertz CT molecular complexity index is 1160. The fourth-order valence-electron chi connectivity index (χ4n) is 2.74. The molecule has 2 aromatic carbocycles. The number of amides is 1. The second-order valence-electron chi connectivity index (χ2n) is 6.26. The first-order chi connectivity index (χ1) is 13.7. The van der Waals surface area contributed by atoms with Crippen molar-refractivity contribution < 1.29 is 22.3 Å². The second-order valence-corrected chi connectivity index (χ2v) is 9.40. The van der Waals surface area contributed by atoms with Crippen molar-refractivity contribution in [3.8, 4) is 5.75 Å². The van der Waals surface area contributed by atoms with Crippen LogP contribution in [0.1, 0.15) is 20.1 Å². The lowest BCUT2D eigenvalue weighted by Crippen LogP contribution is -2.15. The van der Waals surface area contributed by atoms with Crippen molar-refractivity contribution in [3.63, 3.8) is 0 Å². The van der Waals surface area contributed by atoms with Crippen LogP contribution in [0.3, 0.4) is 0 Å². The summed E-state index contributed by atoms with van der Waals surface area (Å²) < 4.78 is 45.9. The lowest BCUT2D eigenvalue weighted by molar-refractivity contribution is 0.102. The minimum atomic E-state index is -3.97. The summed E-state index contributed by atoms with van der Waals surface area (Å²) in [6.45, 7) is 3.78. The van der Waals surface area contributed by atoms with E-state index < -0.39 is 15.8 Å². The molecule has 3 aromatic rings. The average Bonchev–Trinajstić information content (AvgIpc) is 3.00. The van der Waals surface area contributed by atoms with E-state index >= 15 is 0 Å². The molecule has 29 heavy (non-hydrogen) atoms. The Hall–Kier alpha value is -2.91. The number of ether oxygens (including phenoxy) is 1. The van der Waals surface area contributed by atoms with E-state index in [1.807, 2.05) is 13.8 Å². The number of nitrogens with one attached hydrogen (secondary N) is 2. The van der Waals surface area contributed by atoms with Crippen molar-refractivity contribution in [2.75, 3.05) is 17.1 Å². The smallest absolute Gasteiger partial charge is 0.262 e. The summed E-state index contributed by atoms with van der Waals surface area (Å²) >= 11 is 1.52. The van der Waals surface area contributed by atoms with Crippen molar-refractivity contribution in [1.29, 1.82) is 0 Å². The van der Waals surface area contributed by atoms with Gasteiger partial charge in [-0.15, -0.1) is 11.3 Å². The number of sulfonamides is 1. The Kier molecular flexibility index (Phi) is 5.90. The second kappa shape index (κ2) is 8.22. The third-order valence-corrected chi connectivity index (χ3v) is 6.46. The Morgan fingerprint density at radius 1 is 1.07 bits per heavy atom. The molecule has 9 heteroatoms. The van der Waals surface area contributed by atoms with Gasteiger partial charge in [0, 0.05) is 15.4 Å². The van der Waals surface area contributed by atoms with Crippen LogP contribution in [0.4, 0.5) is 15.8 Å². The van der Waals surface area contributed by atoms with Gasteiger partial charge in [0.2, 0.25) is 0 Å². The molecule has 0 aliphatic heterocycles. The molecule has 0 atom stereocenters. The van der Waals surface area contributed by atoms with Crippen molar-refractivity contribution in [2.45, 2.75) is 18.7 Å². The first-order valence-corrected chi connectivity index (χ1v) is 10.8. The number of carbonyl (C=O) groups excluding carboxylic acids is 1. The molecular formula is C20H19FN2O4S2. The normalized spacial score (nSPS) is 11.2. The van der Waals surface area contributed by atoms with Crippen LogP contribution >= 0.6 is 11.3 Å². The molecule has 1 amide bonds. The Labute approximate surface area is 172 Å². The lowest BCUT2D eigenvalue weighted by atomic mass is 10.2. The van der Waals surface area contributed by atoms with Crippen LogP contribution in [-0.2, 0) is 10.0 Å². The van der Waals surface area contributed by atoms with Gasteiger partial charge in [0.1, 0.15) is 11.6 Å². The number of halogens is 1. The van der Waals surface area contributed by atoms with Crippen LogP contribution in [-0.4, -0.2) is 21.4 Å². The summed E-state index contributed by atoms with van der Waals surface area (Å²) in [5.74, 6) is -0.550. The van der Waals surface area contributed by atoms with E-state index in [1.54, 1.807) is 18.2 Å². The van der Waals surface area contributed by atoms with Gasteiger partial charge < -0.3 is 10.1 Å². The molecule has 0 aliphatic rings. The quantitative estimate of drug-likeness (QED) is 0.595. The largest absolute Gasteiger partial charge is 0.495 e. The summed E-state index contributed by atoms with van der Waals surface area (Å²) in [6.07, 6.45) is 0.